The first-order valence-corrected chi connectivity index (χ1v) is 13.1. The van der Waals surface area contributed by atoms with Gasteiger partial charge in [0.1, 0.15) is 25.6 Å². The number of rotatable bonds is 10. The molecular weight excluding hydrogens is 514 g/mol. The highest BCUT2D eigenvalue weighted by Gasteiger charge is 2.46. The number of amides is 1. The Morgan fingerprint density at radius 1 is 0.950 bits per heavy atom. The first-order valence-electron chi connectivity index (χ1n) is 13.1. The van der Waals surface area contributed by atoms with Crippen LogP contribution in [-0.4, -0.2) is 61.8 Å². The minimum absolute atomic E-state index is 0.0295. The summed E-state index contributed by atoms with van der Waals surface area (Å²) in [5.41, 5.74) is 1.90. The number of benzene rings is 3. The summed E-state index contributed by atoms with van der Waals surface area (Å²) in [6.07, 6.45) is 0. The normalized spacial score (nSPS) is 17.6. The monoisotopic (exact) mass is 545 g/mol. The molecule has 1 saturated heterocycles. The SMILES string of the molecule is CCOc1cc(C2/C(=C(\O)c3ccc4c(c3)OCCO4)C(=O)C(=O)N2CCOC)ccc1OCc1ccccc1. The minimum Gasteiger partial charge on any atom is -0.507 e. The number of carbonyl (C=O) groups excluding carboxylic acids is 2. The molecule has 9 heteroatoms. The van der Waals surface area contributed by atoms with Crippen LogP contribution in [0.3, 0.4) is 0 Å². The zero-order valence-corrected chi connectivity index (χ0v) is 22.4. The summed E-state index contributed by atoms with van der Waals surface area (Å²) in [7, 11) is 1.52. The summed E-state index contributed by atoms with van der Waals surface area (Å²) in [5, 5.41) is 11.4. The van der Waals surface area contributed by atoms with Gasteiger partial charge in [0.2, 0.25) is 0 Å². The van der Waals surface area contributed by atoms with Crippen molar-refractivity contribution in [3.8, 4) is 23.0 Å². The number of aliphatic hydroxyl groups excluding tert-OH is 1. The van der Waals surface area contributed by atoms with Crippen LogP contribution >= 0.6 is 0 Å². The van der Waals surface area contributed by atoms with Crippen molar-refractivity contribution < 1.29 is 38.4 Å². The van der Waals surface area contributed by atoms with Gasteiger partial charge < -0.3 is 33.7 Å². The molecule has 0 aliphatic carbocycles. The number of fused-ring (bicyclic) bond motifs is 1. The summed E-state index contributed by atoms with van der Waals surface area (Å²) in [4.78, 5) is 27.9. The molecule has 40 heavy (non-hydrogen) atoms. The third-order valence-corrected chi connectivity index (χ3v) is 6.71. The maximum Gasteiger partial charge on any atom is 0.295 e. The van der Waals surface area contributed by atoms with Crippen molar-refractivity contribution in [2.75, 3.05) is 40.1 Å². The van der Waals surface area contributed by atoms with Gasteiger partial charge in [-0.15, -0.1) is 0 Å². The number of carbonyl (C=O) groups is 2. The van der Waals surface area contributed by atoms with Gasteiger partial charge in [-0.1, -0.05) is 36.4 Å². The largest absolute Gasteiger partial charge is 0.507 e. The van der Waals surface area contributed by atoms with Crippen LogP contribution in [0.15, 0.2) is 72.3 Å². The highest BCUT2D eigenvalue weighted by molar-refractivity contribution is 6.46. The summed E-state index contributed by atoms with van der Waals surface area (Å²) in [5.74, 6) is 0.191. The fourth-order valence-corrected chi connectivity index (χ4v) is 4.81. The molecule has 0 spiro atoms. The van der Waals surface area contributed by atoms with Crippen LogP contribution in [0.2, 0.25) is 0 Å². The predicted octanol–water partition coefficient (Wildman–Crippen LogP) is 4.50. The number of likely N-dealkylation sites (tertiary alicyclic amines) is 1. The van der Waals surface area contributed by atoms with E-state index in [0.29, 0.717) is 60.6 Å². The van der Waals surface area contributed by atoms with Crippen molar-refractivity contribution >= 4 is 17.4 Å². The molecule has 0 saturated carbocycles. The Labute approximate surface area is 232 Å². The van der Waals surface area contributed by atoms with Crippen LogP contribution in [0.4, 0.5) is 0 Å². The van der Waals surface area contributed by atoms with E-state index in [-0.39, 0.29) is 24.5 Å². The molecule has 0 bridgehead atoms. The number of hydrogen-bond acceptors (Lipinski definition) is 8. The highest BCUT2D eigenvalue weighted by atomic mass is 16.6. The molecule has 1 unspecified atom stereocenters. The Morgan fingerprint density at radius 3 is 2.48 bits per heavy atom. The zero-order valence-electron chi connectivity index (χ0n) is 22.4. The fraction of sp³-hybridized carbons (Fsp3) is 0.290. The molecule has 2 aliphatic rings. The Morgan fingerprint density at radius 2 is 1.73 bits per heavy atom. The molecule has 208 valence electrons. The van der Waals surface area contributed by atoms with Crippen LogP contribution in [0, 0.1) is 0 Å². The van der Waals surface area contributed by atoms with Gasteiger partial charge >= 0.3 is 0 Å². The number of nitrogens with zero attached hydrogens (tertiary/aromatic N) is 1. The van der Waals surface area contributed by atoms with E-state index in [1.807, 2.05) is 37.3 Å². The lowest BCUT2D eigenvalue weighted by atomic mass is 9.94. The van der Waals surface area contributed by atoms with Crippen molar-refractivity contribution in [3.63, 3.8) is 0 Å². The number of Topliss-reactive ketones (excluding diaryl/α,β-unsaturated/α-hetero) is 1. The Kier molecular flexibility index (Phi) is 8.21. The average molecular weight is 546 g/mol. The number of ketones is 1. The van der Waals surface area contributed by atoms with E-state index < -0.39 is 17.7 Å². The molecule has 0 aromatic heterocycles. The maximum atomic E-state index is 13.3. The molecule has 1 atom stereocenters. The lowest BCUT2D eigenvalue weighted by molar-refractivity contribution is -0.140. The zero-order chi connectivity index (χ0) is 28.1. The number of methoxy groups -OCH3 is 1. The van der Waals surface area contributed by atoms with E-state index in [9.17, 15) is 14.7 Å². The summed E-state index contributed by atoms with van der Waals surface area (Å²) < 4.78 is 28.4. The van der Waals surface area contributed by atoms with Gasteiger partial charge in [0, 0.05) is 19.2 Å². The second kappa shape index (κ2) is 12.1. The number of ether oxygens (including phenoxy) is 5. The van der Waals surface area contributed by atoms with Gasteiger partial charge in [0.15, 0.2) is 23.0 Å². The van der Waals surface area contributed by atoms with Crippen molar-refractivity contribution in [1.29, 1.82) is 0 Å². The molecule has 2 aliphatic heterocycles. The van der Waals surface area contributed by atoms with Gasteiger partial charge in [-0.2, -0.15) is 0 Å². The third kappa shape index (κ3) is 5.46. The highest BCUT2D eigenvalue weighted by Crippen LogP contribution is 2.43. The predicted molar refractivity (Wildman–Crippen MR) is 147 cm³/mol. The van der Waals surface area contributed by atoms with Crippen molar-refractivity contribution in [1.82, 2.24) is 4.90 Å². The van der Waals surface area contributed by atoms with Crippen LogP contribution in [-0.2, 0) is 20.9 Å². The molecule has 9 nitrogen and oxygen atoms in total. The molecule has 2 heterocycles. The summed E-state index contributed by atoms with van der Waals surface area (Å²) in [6.45, 7) is 3.75. The molecule has 0 radical (unpaired) electrons. The molecule has 1 fully saturated rings. The number of aliphatic hydroxyl groups is 1. The summed E-state index contributed by atoms with van der Waals surface area (Å²) >= 11 is 0. The van der Waals surface area contributed by atoms with Gasteiger partial charge in [-0.05, 0) is 48.4 Å². The van der Waals surface area contributed by atoms with Gasteiger partial charge in [-0.25, -0.2) is 0 Å². The molecule has 3 aromatic carbocycles. The van der Waals surface area contributed by atoms with E-state index in [1.165, 1.54) is 12.0 Å². The van der Waals surface area contributed by atoms with Crippen LogP contribution in [0.1, 0.15) is 29.7 Å². The molecule has 5 rings (SSSR count). The lowest BCUT2D eigenvalue weighted by Gasteiger charge is -2.26. The fourth-order valence-electron chi connectivity index (χ4n) is 4.81. The van der Waals surface area contributed by atoms with Gasteiger partial charge in [-0.3, -0.25) is 9.59 Å². The van der Waals surface area contributed by atoms with Crippen molar-refractivity contribution in [3.05, 3.63) is 89.0 Å². The topological polar surface area (TPSA) is 104 Å². The van der Waals surface area contributed by atoms with E-state index in [4.69, 9.17) is 23.7 Å². The third-order valence-electron chi connectivity index (χ3n) is 6.71. The van der Waals surface area contributed by atoms with Gasteiger partial charge in [0.05, 0.1) is 24.8 Å². The van der Waals surface area contributed by atoms with Gasteiger partial charge in [0.25, 0.3) is 11.7 Å². The Hall–Kier alpha value is -4.50. The second-order valence-electron chi connectivity index (χ2n) is 9.26. The quantitative estimate of drug-likeness (QED) is 0.226. The maximum absolute atomic E-state index is 13.3. The smallest absolute Gasteiger partial charge is 0.295 e. The van der Waals surface area contributed by atoms with Crippen molar-refractivity contribution in [2.45, 2.75) is 19.6 Å². The first-order chi connectivity index (χ1) is 19.5. The molecule has 1 N–H and O–H groups in total. The standard InChI is InChI=1S/C31H31NO8/c1-3-37-25-17-21(9-11-24(25)40-19-20-7-5-4-6-8-20)28-27(30(34)31(35)32(28)13-14-36-2)29(33)22-10-12-23-26(18-22)39-16-15-38-23/h4-12,17-18,28,33H,3,13-16,19H2,1-2H3/b29-27+. The van der Waals surface area contributed by atoms with E-state index in [0.717, 1.165) is 5.56 Å². The Balaban J connectivity index is 1.55. The summed E-state index contributed by atoms with van der Waals surface area (Å²) in [6, 6.07) is 19.1. The molecular formula is C31H31NO8. The van der Waals surface area contributed by atoms with Crippen molar-refractivity contribution in [2.24, 2.45) is 0 Å². The first kappa shape index (κ1) is 27.1. The minimum atomic E-state index is -0.870. The van der Waals surface area contributed by atoms with Crippen LogP contribution in [0.25, 0.3) is 5.76 Å². The van der Waals surface area contributed by atoms with E-state index in [2.05, 4.69) is 0 Å². The van der Waals surface area contributed by atoms with Crippen LogP contribution < -0.4 is 18.9 Å². The second-order valence-corrected chi connectivity index (χ2v) is 9.26. The van der Waals surface area contributed by atoms with E-state index >= 15 is 0 Å². The Bertz CT molecular complexity index is 1420. The number of hydrogen-bond donors (Lipinski definition) is 1. The van der Waals surface area contributed by atoms with Crippen LogP contribution in [0.5, 0.6) is 23.0 Å². The molecule has 1 amide bonds. The average Bonchev–Trinajstić information content (AvgIpc) is 3.24. The van der Waals surface area contributed by atoms with E-state index in [1.54, 1.807) is 36.4 Å². The molecule has 3 aromatic rings. The lowest BCUT2D eigenvalue weighted by Crippen LogP contribution is -2.32.